The maximum absolute atomic E-state index is 11.8. The van der Waals surface area contributed by atoms with Gasteiger partial charge in [0.1, 0.15) is 104 Å². The van der Waals surface area contributed by atoms with Gasteiger partial charge in [0, 0.05) is 19.8 Å². The van der Waals surface area contributed by atoms with Gasteiger partial charge in [0.05, 0.1) is 26.4 Å². The van der Waals surface area contributed by atoms with E-state index >= 15 is 0 Å². The molecular weight excluding hydrogens is 940 g/mol. The summed E-state index contributed by atoms with van der Waals surface area (Å²) in [5, 5.41) is 142. The third-order valence-electron chi connectivity index (χ3n) is 12.1. The minimum atomic E-state index is -1.73. The highest BCUT2D eigenvalue weighted by molar-refractivity contribution is 5.67. The lowest BCUT2D eigenvalue weighted by Crippen LogP contribution is -2.64. The first-order valence-corrected chi connectivity index (χ1v) is 23.7. The average molecular weight is 1020 g/mol. The van der Waals surface area contributed by atoms with Gasteiger partial charge in [-0.2, -0.15) is 0 Å². The number of benzene rings is 1. The number of carbonyl (C=O) groups excluding carboxylic acids is 1. The Balaban J connectivity index is 0.000000318. The maximum atomic E-state index is 11.8. The summed E-state index contributed by atoms with van der Waals surface area (Å²) in [7, 11) is 0. The molecule has 1 aromatic carbocycles. The molecule has 4 aliphatic rings. The number of nitrogens with one attached hydrogen (secondary N) is 1. The minimum Gasteiger partial charge on any atom is -0.445 e. The molecule has 26 nitrogen and oxygen atoms in total. The summed E-state index contributed by atoms with van der Waals surface area (Å²) in [5.74, 6) is 0. The van der Waals surface area contributed by atoms with E-state index in [1.54, 1.807) is 0 Å². The lowest BCUT2D eigenvalue weighted by Gasteiger charge is -2.45. The summed E-state index contributed by atoms with van der Waals surface area (Å²) in [4.78, 5) is 11.8. The van der Waals surface area contributed by atoms with Gasteiger partial charge in [0.15, 0.2) is 25.2 Å². The Bertz CT molecular complexity index is 1560. The molecule has 1 aromatic rings. The Morgan fingerprint density at radius 1 is 0.486 bits per heavy atom. The zero-order valence-electron chi connectivity index (χ0n) is 38.9. The first-order valence-electron chi connectivity index (χ1n) is 23.7. The second-order valence-electron chi connectivity index (χ2n) is 17.4. The first kappa shape index (κ1) is 60.1. The van der Waals surface area contributed by atoms with E-state index < -0.39 is 155 Å². The zero-order chi connectivity index (χ0) is 51.3. The van der Waals surface area contributed by atoms with Gasteiger partial charge in [-0.25, -0.2) is 4.79 Å². The molecule has 4 saturated heterocycles. The van der Waals surface area contributed by atoms with E-state index in [1.165, 1.54) is 0 Å². The molecule has 0 bridgehead atoms. The summed E-state index contributed by atoms with van der Waals surface area (Å²) in [6.45, 7) is -0.812. The van der Waals surface area contributed by atoms with Gasteiger partial charge >= 0.3 is 6.09 Å². The van der Waals surface area contributed by atoms with Gasteiger partial charge in [-0.05, 0) is 37.8 Å². The number of aliphatic hydroxyl groups is 14. The number of unbranched alkanes of at least 4 members (excludes halogenated alkanes) is 6. The summed E-state index contributed by atoms with van der Waals surface area (Å²) in [5.41, 5.74) is 6.33. The molecule has 1 amide bonds. The van der Waals surface area contributed by atoms with E-state index in [4.69, 9.17) is 48.4 Å². The van der Waals surface area contributed by atoms with Crippen LogP contribution in [-0.4, -0.2) is 253 Å². The van der Waals surface area contributed by atoms with Crippen LogP contribution >= 0.6 is 0 Å². The van der Waals surface area contributed by atoms with E-state index in [0.29, 0.717) is 25.9 Å². The molecule has 0 saturated carbocycles. The molecule has 17 N–H and O–H groups in total. The fourth-order valence-corrected chi connectivity index (χ4v) is 7.93. The van der Waals surface area contributed by atoms with Crippen molar-refractivity contribution in [3.8, 4) is 0 Å². The molecule has 0 aliphatic carbocycles. The van der Waals surface area contributed by atoms with Crippen molar-refractivity contribution in [3.63, 3.8) is 0 Å². The van der Waals surface area contributed by atoms with Crippen LogP contribution in [0.15, 0.2) is 30.3 Å². The second-order valence-corrected chi connectivity index (χ2v) is 17.4. The van der Waals surface area contributed by atoms with Gasteiger partial charge in [0.25, 0.3) is 0 Å². The van der Waals surface area contributed by atoms with Crippen LogP contribution in [0.4, 0.5) is 4.79 Å². The normalized spacial score (nSPS) is 37.8. The number of rotatable bonds is 25. The fraction of sp³-hybridized carbons (Fsp3) is 0.841. The molecule has 70 heavy (non-hydrogen) atoms. The van der Waals surface area contributed by atoms with Gasteiger partial charge in [-0.1, -0.05) is 56.0 Å². The van der Waals surface area contributed by atoms with Crippen molar-refractivity contribution in [2.24, 2.45) is 5.73 Å². The van der Waals surface area contributed by atoms with Gasteiger partial charge in [-0.15, -0.1) is 0 Å². The van der Waals surface area contributed by atoms with Crippen LogP contribution in [0.25, 0.3) is 0 Å². The summed E-state index contributed by atoms with van der Waals surface area (Å²) >= 11 is 0. The molecule has 4 fully saturated rings. The van der Waals surface area contributed by atoms with Gasteiger partial charge in [0.2, 0.25) is 0 Å². The maximum Gasteiger partial charge on any atom is 0.407 e. The van der Waals surface area contributed by atoms with Crippen LogP contribution in [0.5, 0.6) is 0 Å². The Labute approximate surface area is 404 Å². The molecule has 0 spiro atoms. The predicted molar refractivity (Wildman–Crippen MR) is 235 cm³/mol. The Kier molecular flexibility index (Phi) is 26.9. The molecule has 5 rings (SSSR count). The highest BCUT2D eigenvalue weighted by Crippen LogP contribution is 2.31. The first-order chi connectivity index (χ1) is 33.6. The van der Waals surface area contributed by atoms with Crippen molar-refractivity contribution in [3.05, 3.63) is 35.9 Å². The Morgan fingerprint density at radius 3 is 1.31 bits per heavy atom. The van der Waals surface area contributed by atoms with Crippen molar-refractivity contribution >= 4 is 6.09 Å². The molecule has 406 valence electrons. The number of ether oxygens (including phenoxy) is 9. The molecule has 20 atom stereocenters. The van der Waals surface area contributed by atoms with E-state index in [0.717, 1.165) is 44.1 Å². The standard InChI is InChI=1S/C26H41NO13.C18H35NO11/c28-12-16-18(30)19(31)21(33)25(38-16)40-23-17(13-29)39-24(22(34)20(23)32)36-11-7-2-1-6-10-27-26(35)37-14-15-8-4-3-5-9-15;19-5-3-1-2-4-6-27-17-15(26)13(24)16(10(8-21)29-17)30-18-14(25)12(23)11(22)9(7-20)28-18/h3-5,8-9,16-25,28-34H,1-2,6-7,10-14H2,(H,27,35);9-18,20-26H,1-8,19H2. The smallest absolute Gasteiger partial charge is 0.407 e. The van der Waals surface area contributed by atoms with Crippen molar-refractivity contribution in [2.75, 3.05) is 52.7 Å². The van der Waals surface area contributed by atoms with E-state index in [1.807, 2.05) is 30.3 Å². The molecule has 4 heterocycles. The lowest BCUT2D eigenvalue weighted by atomic mass is 9.97. The van der Waals surface area contributed by atoms with Crippen molar-refractivity contribution in [1.82, 2.24) is 5.32 Å². The summed E-state index contributed by atoms with van der Waals surface area (Å²) in [6, 6.07) is 9.36. The zero-order valence-corrected chi connectivity index (χ0v) is 38.9. The number of alkyl carbamates (subject to hydrolysis) is 1. The van der Waals surface area contributed by atoms with Crippen molar-refractivity contribution in [2.45, 2.75) is 181 Å². The predicted octanol–water partition coefficient (Wildman–Crippen LogP) is -5.74. The number of amides is 1. The van der Waals surface area contributed by atoms with Crippen molar-refractivity contribution < 1.29 is 119 Å². The Morgan fingerprint density at radius 2 is 0.886 bits per heavy atom. The SMILES string of the molecule is NCCCCCCOC1OC(CO)C(OC2OC(CO)C(O)C(O)C2O)C(O)C1O.O=C(NCCCCCCOC1OC(CO)C(OC2OC(CO)C(O)C(O)C2O)C(O)C1O)OCc1ccccc1. The molecule has 0 radical (unpaired) electrons. The number of hydrogen-bond acceptors (Lipinski definition) is 25. The number of carbonyl (C=O) groups is 1. The van der Waals surface area contributed by atoms with Crippen LogP contribution in [0, 0.1) is 0 Å². The van der Waals surface area contributed by atoms with E-state index in [2.05, 4.69) is 5.32 Å². The van der Waals surface area contributed by atoms with E-state index in [-0.39, 0.29) is 19.8 Å². The van der Waals surface area contributed by atoms with Crippen LogP contribution in [0.3, 0.4) is 0 Å². The fourth-order valence-electron chi connectivity index (χ4n) is 7.93. The Hall–Kier alpha value is -2.43. The minimum absolute atomic E-state index is 0.192. The monoisotopic (exact) mass is 1020 g/mol. The summed E-state index contributed by atoms with van der Waals surface area (Å²) < 4.78 is 48.8. The lowest BCUT2D eigenvalue weighted by molar-refractivity contribution is -0.359. The van der Waals surface area contributed by atoms with Crippen molar-refractivity contribution in [1.29, 1.82) is 0 Å². The molecule has 4 aliphatic heterocycles. The number of hydrogen-bond donors (Lipinski definition) is 16. The highest BCUT2D eigenvalue weighted by Gasteiger charge is 2.52. The average Bonchev–Trinajstić information content (AvgIpc) is 3.37. The second kappa shape index (κ2) is 31.3. The number of nitrogens with two attached hydrogens (primary N) is 1. The molecule has 20 unspecified atom stereocenters. The third-order valence-corrected chi connectivity index (χ3v) is 12.1. The van der Waals surface area contributed by atoms with Crippen LogP contribution in [0.1, 0.15) is 56.9 Å². The molecule has 26 heteroatoms. The quantitative estimate of drug-likeness (QED) is 0.0406. The largest absolute Gasteiger partial charge is 0.445 e. The number of aliphatic hydroxyl groups excluding tert-OH is 14. The third kappa shape index (κ3) is 17.3. The summed E-state index contributed by atoms with van der Waals surface area (Å²) in [6.07, 6.45) is -23.4. The van der Waals surface area contributed by atoms with Gasteiger partial charge in [-0.3, -0.25) is 0 Å². The molecule has 0 aromatic heterocycles. The van der Waals surface area contributed by atoms with Gasteiger partial charge < -0.3 is 125 Å². The van der Waals surface area contributed by atoms with Crippen LogP contribution < -0.4 is 11.1 Å². The van der Waals surface area contributed by atoms with E-state index in [9.17, 15) is 76.3 Å². The van der Waals surface area contributed by atoms with Crippen LogP contribution in [-0.2, 0) is 49.2 Å². The molecular formula is C44H76N2O24. The topological polar surface area (TPSA) is 421 Å². The highest BCUT2D eigenvalue weighted by atomic mass is 16.8. The van der Waals surface area contributed by atoms with Crippen LogP contribution in [0.2, 0.25) is 0 Å².